The molecule has 5 nitrogen and oxygen atoms in total. The van der Waals surface area contributed by atoms with Crippen molar-refractivity contribution in [3.8, 4) is 28.5 Å². The Morgan fingerprint density at radius 2 is 1.30 bits per heavy atom. The lowest BCUT2D eigenvalue weighted by Crippen LogP contribution is -2.30. The van der Waals surface area contributed by atoms with Crippen molar-refractivity contribution in [2.24, 2.45) is 0 Å². The van der Waals surface area contributed by atoms with Crippen LogP contribution in [0.3, 0.4) is 0 Å². The van der Waals surface area contributed by atoms with Crippen molar-refractivity contribution in [1.82, 2.24) is 15.0 Å². The average Bonchev–Trinajstić information content (AvgIpc) is 2.78. The number of aliphatic hydroxyl groups is 1. The third-order valence-corrected chi connectivity index (χ3v) is 5.94. The van der Waals surface area contributed by atoms with Crippen molar-refractivity contribution in [1.29, 1.82) is 0 Å². The Bertz CT molecular complexity index is 1260. The summed E-state index contributed by atoms with van der Waals surface area (Å²) < 4.78 is 0. The van der Waals surface area contributed by atoms with Gasteiger partial charge in [-0.05, 0) is 69.9 Å². The van der Waals surface area contributed by atoms with Gasteiger partial charge in [0.15, 0.2) is 17.5 Å². The standard InChI is InChI=1S/C28H28N3O2/c1-6-28(33,21-8-7-9-22(32)16-21)27-30-25(23-12-10-17(2)14-19(23)4)29-26(31-27)24-13-11-18(3)15-20(24)5/h7-16,32-33H,1,6H2,2-5H3. The van der Waals surface area contributed by atoms with Crippen LogP contribution >= 0.6 is 0 Å². The molecular formula is C28H28N3O2. The van der Waals surface area contributed by atoms with E-state index < -0.39 is 5.60 Å². The maximum absolute atomic E-state index is 11.7. The first kappa shape index (κ1) is 22.6. The second-order valence-electron chi connectivity index (χ2n) is 8.60. The van der Waals surface area contributed by atoms with Crippen LogP contribution in [0.1, 0.15) is 40.1 Å². The summed E-state index contributed by atoms with van der Waals surface area (Å²) >= 11 is 0. The van der Waals surface area contributed by atoms with E-state index in [9.17, 15) is 10.2 Å². The average molecular weight is 439 g/mol. The number of aromatic hydroxyl groups is 1. The quantitative estimate of drug-likeness (QED) is 0.424. The van der Waals surface area contributed by atoms with E-state index in [0.717, 1.165) is 33.4 Å². The fourth-order valence-corrected chi connectivity index (χ4v) is 4.08. The number of rotatable bonds is 5. The van der Waals surface area contributed by atoms with Gasteiger partial charge in [-0.3, -0.25) is 0 Å². The first-order valence-corrected chi connectivity index (χ1v) is 10.9. The lowest BCUT2D eigenvalue weighted by molar-refractivity contribution is 0.0733. The third kappa shape index (κ3) is 4.37. The van der Waals surface area contributed by atoms with Gasteiger partial charge in [0.1, 0.15) is 11.4 Å². The summed E-state index contributed by atoms with van der Waals surface area (Å²) in [6, 6.07) is 18.7. The summed E-state index contributed by atoms with van der Waals surface area (Å²) in [5.41, 5.74) is 4.99. The van der Waals surface area contributed by atoms with Gasteiger partial charge in [0.05, 0.1) is 0 Å². The summed E-state index contributed by atoms with van der Waals surface area (Å²) in [5, 5.41) is 21.8. The molecule has 0 bridgehead atoms. The van der Waals surface area contributed by atoms with Gasteiger partial charge >= 0.3 is 0 Å². The fourth-order valence-electron chi connectivity index (χ4n) is 4.08. The molecule has 0 fully saturated rings. The van der Waals surface area contributed by atoms with E-state index in [0.29, 0.717) is 17.2 Å². The second kappa shape index (κ2) is 8.75. The molecule has 0 aliphatic carbocycles. The molecule has 0 aliphatic rings. The van der Waals surface area contributed by atoms with Crippen LogP contribution in [0, 0.1) is 34.6 Å². The zero-order valence-corrected chi connectivity index (χ0v) is 19.4. The van der Waals surface area contributed by atoms with Gasteiger partial charge in [-0.1, -0.05) is 59.7 Å². The minimum atomic E-state index is -1.59. The van der Waals surface area contributed by atoms with Gasteiger partial charge < -0.3 is 10.2 Å². The predicted octanol–water partition coefficient (Wildman–Crippen LogP) is 5.60. The highest BCUT2D eigenvalue weighted by Gasteiger charge is 2.34. The summed E-state index contributed by atoms with van der Waals surface area (Å²) in [5.74, 6) is 1.22. The Morgan fingerprint density at radius 3 is 1.76 bits per heavy atom. The summed E-state index contributed by atoms with van der Waals surface area (Å²) in [4.78, 5) is 14.3. The predicted molar refractivity (Wildman–Crippen MR) is 131 cm³/mol. The monoisotopic (exact) mass is 438 g/mol. The van der Waals surface area contributed by atoms with E-state index >= 15 is 0 Å². The van der Waals surface area contributed by atoms with E-state index in [4.69, 9.17) is 15.0 Å². The van der Waals surface area contributed by atoms with Crippen LogP contribution in [-0.4, -0.2) is 25.2 Å². The van der Waals surface area contributed by atoms with Crippen LogP contribution in [0.25, 0.3) is 22.8 Å². The number of aryl methyl sites for hydroxylation is 4. The summed E-state index contributed by atoms with van der Waals surface area (Å²) in [6.45, 7) is 12.1. The first-order valence-electron chi connectivity index (χ1n) is 10.9. The summed E-state index contributed by atoms with van der Waals surface area (Å²) in [7, 11) is 0. The molecule has 3 aromatic carbocycles. The first-order chi connectivity index (χ1) is 15.7. The Hall–Kier alpha value is -3.57. The molecule has 1 heterocycles. The molecule has 1 radical (unpaired) electrons. The van der Waals surface area contributed by atoms with Crippen LogP contribution in [0.15, 0.2) is 60.7 Å². The highest BCUT2D eigenvalue weighted by molar-refractivity contribution is 5.66. The maximum atomic E-state index is 11.7. The van der Waals surface area contributed by atoms with Crippen LogP contribution in [0.5, 0.6) is 5.75 Å². The zero-order chi connectivity index (χ0) is 23.8. The lowest BCUT2D eigenvalue weighted by atomic mass is 9.89. The van der Waals surface area contributed by atoms with Crippen LogP contribution in [0.4, 0.5) is 0 Å². The van der Waals surface area contributed by atoms with Crippen LogP contribution in [0.2, 0.25) is 0 Å². The minimum absolute atomic E-state index is 0.0534. The lowest BCUT2D eigenvalue weighted by Gasteiger charge is -2.26. The van der Waals surface area contributed by atoms with E-state index in [-0.39, 0.29) is 18.0 Å². The van der Waals surface area contributed by atoms with Crippen LogP contribution in [-0.2, 0) is 5.60 Å². The Balaban J connectivity index is 2.00. The molecule has 0 aliphatic heterocycles. The molecule has 0 saturated heterocycles. The molecule has 0 saturated carbocycles. The van der Waals surface area contributed by atoms with Crippen molar-refractivity contribution >= 4 is 0 Å². The second-order valence-corrected chi connectivity index (χ2v) is 8.60. The van der Waals surface area contributed by atoms with Crippen molar-refractivity contribution in [3.63, 3.8) is 0 Å². The molecule has 1 aromatic heterocycles. The smallest absolute Gasteiger partial charge is 0.169 e. The maximum Gasteiger partial charge on any atom is 0.169 e. The number of hydrogen-bond acceptors (Lipinski definition) is 5. The van der Waals surface area contributed by atoms with Gasteiger partial charge in [0.2, 0.25) is 0 Å². The van der Waals surface area contributed by atoms with E-state index in [1.807, 2.05) is 52.0 Å². The number of aromatic nitrogens is 3. The highest BCUT2D eigenvalue weighted by atomic mass is 16.3. The molecule has 1 atom stereocenters. The minimum Gasteiger partial charge on any atom is -0.508 e. The molecule has 0 amide bonds. The van der Waals surface area contributed by atoms with Gasteiger partial charge in [0.25, 0.3) is 0 Å². The van der Waals surface area contributed by atoms with E-state index in [1.54, 1.807) is 18.2 Å². The molecule has 33 heavy (non-hydrogen) atoms. The molecule has 2 N–H and O–H groups in total. The molecule has 4 rings (SSSR count). The normalized spacial score (nSPS) is 13.0. The third-order valence-electron chi connectivity index (χ3n) is 5.94. The molecular weight excluding hydrogens is 410 g/mol. The van der Waals surface area contributed by atoms with E-state index in [2.05, 4.69) is 19.1 Å². The Labute approximate surface area is 194 Å². The zero-order valence-electron chi connectivity index (χ0n) is 19.4. The number of nitrogens with zero attached hydrogens (tertiary/aromatic N) is 3. The molecule has 4 aromatic rings. The fraction of sp³-hybridized carbons (Fsp3) is 0.214. The van der Waals surface area contributed by atoms with Crippen molar-refractivity contribution in [2.45, 2.75) is 39.7 Å². The summed E-state index contributed by atoms with van der Waals surface area (Å²) in [6.07, 6.45) is 0.0824. The number of phenolic OH excluding ortho intramolecular Hbond substituents is 1. The topological polar surface area (TPSA) is 79.1 Å². The SMILES string of the molecule is [CH2]CC(O)(c1cccc(O)c1)c1nc(-c2ccc(C)cc2C)nc(-c2ccc(C)cc2C)n1. The number of phenols is 1. The molecule has 0 spiro atoms. The van der Waals surface area contributed by atoms with Crippen molar-refractivity contribution < 1.29 is 10.2 Å². The Morgan fingerprint density at radius 1 is 0.758 bits per heavy atom. The highest BCUT2D eigenvalue weighted by Crippen LogP contribution is 2.35. The molecule has 5 heteroatoms. The number of benzene rings is 3. The van der Waals surface area contributed by atoms with Gasteiger partial charge in [0, 0.05) is 11.1 Å². The number of hydrogen-bond donors (Lipinski definition) is 2. The van der Waals surface area contributed by atoms with Crippen LogP contribution < -0.4 is 0 Å². The Kier molecular flexibility index (Phi) is 6.00. The van der Waals surface area contributed by atoms with Gasteiger partial charge in [-0.25, -0.2) is 15.0 Å². The largest absolute Gasteiger partial charge is 0.508 e. The van der Waals surface area contributed by atoms with Gasteiger partial charge in [-0.15, -0.1) is 0 Å². The van der Waals surface area contributed by atoms with Gasteiger partial charge in [-0.2, -0.15) is 0 Å². The molecule has 167 valence electrons. The van der Waals surface area contributed by atoms with Crippen molar-refractivity contribution in [3.05, 3.63) is 101 Å². The van der Waals surface area contributed by atoms with Crippen molar-refractivity contribution in [2.75, 3.05) is 0 Å². The van der Waals surface area contributed by atoms with E-state index in [1.165, 1.54) is 6.07 Å². The molecule has 1 unspecified atom stereocenters.